The number of alkyl halides is 3. The SMILES string of the molecule is Cc1nn(C(C)(C)C)c2nc(C(C)C)cc(C(=O)N(Cc3ccco3)CC(F)(F)F)c12. The van der Waals surface area contributed by atoms with Gasteiger partial charge in [-0.15, -0.1) is 0 Å². The Bertz CT molecular complexity index is 1080. The van der Waals surface area contributed by atoms with Crippen molar-refractivity contribution >= 4 is 16.9 Å². The van der Waals surface area contributed by atoms with Gasteiger partial charge in [0.05, 0.1) is 35.0 Å². The Morgan fingerprint density at radius 1 is 1.26 bits per heavy atom. The predicted octanol–water partition coefficient (Wildman–Crippen LogP) is 5.42. The third-order valence-corrected chi connectivity index (χ3v) is 4.87. The summed E-state index contributed by atoms with van der Waals surface area (Å²) in [7, 11) is 0. The van der Waals surface area contributed by atoms with E-state index in [1.807, 2.05) is 34.6 Å². The fourth-order valence-corrected chi connectivity index (χ4v) is 3.42. The highest BCUT2D eigenvalue weighted by molar-refractivity contribution is 6.06. The van der Waals surface area contributed by atoms with Gasteiger partial charge in [-0.2, -0.15) is 18.3 Å². The maximum absolute atomic E-state index is 13.5. The normalized spacial score (nSPS) is 12.7. The average Bonchev–Trinajstić information content (AvgIpc) is 3.26. The highest BCUT2D eigenvalue weighted by Crippen LogP contribution is 2.30. The maximum atomic E-state index is 13.5. The zero-order valence-corrected chi connectivity index (χ0v) is 18.5. The van der Waals surface area contributed by atoms with Crippen LogP contribution in [-0.4, -0.2) is 38.3 Å². The van der Waals surface area contributed by atoms with Crippen LogP contribution < -0.4 is 0 Å². The summed E-state index contributed by atoms with van der Waals surface area (Å²) >= 11 is 0. The number of nitrogens with zero attached hydrogens (tertiary/aromatic N) is 4. The minimum atomic E-state index is -4.56. The van der Waals surface area contributed by atoms with Crippen molar-refractivity contribution in [3.05, 3.63) is 47.2 Å². The quantitative estimate of drug-likeness (QED) is 0.536. The molecule has 0 bridgehead atoms. The van der Waals surface area contributed by atoms with Crippen LogP contribution in [0, 0.1) is 6.92 Å². The van der Waals surface area contributed by atoms with Crippen molar-refractivity contribution in [1.29, 1.82) is 0 Å². The molecule has 0 radical (unpaired) electrons. The molecule has 6 nitrogen and oxygen atoms in total. The van der Waals surface area contributed by atoms with Gasteiger partial charge in [0.25, 0.3) is 5.91 Å². The highest BCUT2D eigenvalue weighted by atomic mass is 19.4. The van der Waals surface area contributed by atoms with Crippen molar-refractivity contribution in [3.63, 3.8) is 0 Å². The second kappa shape index (κ2) is 8.01. The molecule has 0 aliphatic rings. The van der Waals surface area contributed by atoms with Crippen LogP contribution in [0.25, 0.3) is 11.0 Å². The first-order chi connectivity index (χ1) is 14.3. The minimum absolute atomic E-state index is 0.0271. The van der Waals surface area contributed by atoms with Crippen molar-refractivity contribution in [2.24, 2.45) is 0 Å². The summed E-state index contributed by atoms with van der Waals surface area (Å²) in [5.41, 5.74) is 1.39. The number of aryl methyl sites for hydroxylation is 1. The van der Waals surface area contributed by atoms with Gasteiger partial charge in [0.1, 0.15) is 12.3 Å². The van der Waals surface area contributed by atoms with Crippen LogP contribution in [0.15, 0.2) is 28.9 Å². The Labute approximate surface area is 179 Å². The predicted molar refractivity (Wildman–Crippen MR) is 111 cm³/mol. The molecule has 0 aromatic carbocycles. The van der Waals surface area contributed by atoms with E-state index in [2.05, 4.69) is 5.10 Å². The number of carbonyl (C=O) groups excluding carboxylic acids is 1. The molecule has 0 atom stereocenters. The average molecular weight is 436 g/mol. The number of fused-ring (bicyclic) bond motifs is 1. The molecular formula is C22H27F3N4O2. The number of halogens is 3. The Morgan fingerprint density at radius 2 is 1.94 bits per heavy atom. The molecule has 0 N–H and O–H groups in total. The first-order valence-corrected chi connectivity index (χ1v) is 10.1. The summed E-state index contributed by atoms with van der Waals surface area (Å²) in [5.74, 6) is -0.491. The topological polar surface area (TPSA) is 64.2 Å². The maximum Gasteiger partial charge on any atom is 0.406 e. The molecule has 0 saturated carbocycles. The lowest BCUT2D eigenvalue weighted by Crippen LogP contribution is -2.38. The van der Waals surface area contributed by atoms with Gasteiger partial charge >= 0.3 is 6.18 Å². The standard InChI is InChI=1S/C22H27F3N4O2/c1-13(2)17-10-16(18-14(3)27-29(19(18)26-17)21(4,5)6)20(30)28(12-22(23,24)25)11-15-8-7-9-31-15/h7-10,13H,11-12H2,1-6H3. The Hall–Kier alpha value is -2.84. The number of hydrogen-bond donors (Lipinski definition) is 0. The summed E-state index contributed by atoms with van der Waals surface area (Å²) in [5, 5.41) is 5.03. The van der Waals surface area contributed by atoms with Gasteiger partial charge in [-0.25, -0.2) is 9.67 Å². The minimum Gasteiger partial charge on any atom is -0.467 e. The Balaban J connectivity index is 2.20. The van der Waals surface area contributed by atoms with Crippen LogP contribution in [0.3, 0.4) is 0 Å². The van der Waals surface area contributed by atoms with Crippen molar-refractivity contribution in [2.45, 2.75) is 65.7 Å². The number of amides is 1. The molecule has 0 aliphatic heterocycles. The summed E-state index contributed by atoms with van der Waals surface area (Å²) in [6.07, 6.45) is -3.19. The van der Waals surface area contributed by atoms with Crippen LogP contribution in [0.2, 0.25) is 0 Å². The lowest BCUT2D eigenvalue weighted by atomic mass is 10.0. The molecule has 9 heteroatoms. The molecule has 0 spiro atoms. The molecule has 0 aliphatic carbocycles. The zero-order valence-electron chi connectivity index (χ0n) is 18.5. The summed E-state index contributed by atoms with van der Waals surface area (Å²) in [6.45, 7) is 9.76. The van der Waals surface area contributed by atoms with Gasteiger partial charge in [-0.3, -0.25) is 4.79 Å². The van der Waals surface area contributed by atoms with Crippen molar-refractivity contribution < 1.29 is 22.4 Å². The van der Waals surface area contributed by atoms with E-state index < -0.39 is 24.2 Å². The van der Waals surface area contributed by atoms with Crippen molar-refractivity contribution in [3.8, 4) is 0 Å². The molecule has 3 heterocycles. The molecule has 0 saturated heterocycles. The smallest absolute Gasteiger partial charge is 0.406 e. The number of furan rings is 1. The van der Waals surface area contributed by atoms with E-state index in [-0.39, 0.29) is 23.8 Å². The van der Waals surface area contributed by atoms with Crippen LogP contribution in [-0.2, 0) is 12.1 Å². The third kappa shape index (κ3) is 4.91. The lowest BCUT2D eigenvalue weighted by molar-refractivity contribution is -0.142. The highest BCUT2D eigenvalue weighted by Gasteiger charge is 2.35. The van der Waals surface area contributed by atoms with Gasteiger partial charge in [0, 0.05) is 5.69 Å². The molecule has 0 fully saturated rings. The second-order valence-electron chi connectivity index (χ2n) is 8.97. The summed E-state index contributed by atoms with van der Waals surface area (Å²) < 4.78 is 46.9. The van der Waals surface area contributed by atoms with Crippen LogP contribution in [0.5, 0.6) is 0 Å². The molecule has 0 unspecified atom stereocenters. The molecule has 1 amide bonds. The molecule has 168 valence electrons. The van der Waals surface area contributed by atoms with Gasteiger partial charge in [-0.1, -0.05) is 13.8 Å². The number of carbonyl (C=O) groups is 1. The first-order valence-electron chi connectivity index (χ1n) is 10.1. The van der Waals surface area contributed by atoms with E-state index >= 15 is 0 Å². The molecular weight excluding hydrogens is 409 g/mol. The van der Waals surface area contributed by atoms with Crippen molar-refractivity contribution in [2.75, 3.05) is 6.54 Å². The van der Waals surface area contributed by atoms with Gasteiger partial charge in [-0.05, 0) is 51.8 Å². The molecule has 3 aromatic heterocycles. The number of rotatable bonds is 5. The summed E-state index contributed by atoms with van der Waals surface area (Å²) in [4.78, 5) is 18.9. The Morgan fingerprint density at radius 3 is 2.45 bits per heavy atom. The summed E-state index contributed by atoms with van der Waals surface area (Å²) in [6, 6.07) is 4.70. The van der Waals surface area contributed by atoms with E-state index in [1.165, 1.54) is 6.26 Å². The fraction of sp³-hybridized carbons (Fsp3) is 0.500. The molecule has 3 aromatic rings. The second-order valence-corrected chi connectivity index (χ2v) is 8.97. The number of pyridine rings is 1. The van der Waals surface area contributed by atoms with Gasteiger partial charge in [0.2, 0.25) is 0 Å². The van der Waals surface area contributed by atoms with E-state index in [9.17, 15) is 18.0 Å². The van der Waals surface area contributed by atoms with Gasteiger partial charge in [0.15, 0.2) is 5.65 Å². The fourth-order valence-electron chi connectivity index (χ4n) is 3.42. The van der Waals surface area contributed by atoms with Crippen LogP contribution >= 0.6 is 0 Å². The first kappa shape index (κ1) is 22.8. The third-order valence-electron chi connectivity index (χ3n) is 4.87. The largest absolute Gasteiger partial charge is 0.467 e. The lowest BCUT2D eigenvalue weighted by Gasteiger charge is -2.24. The molecule has 31 heavy (non-hydrogen) atoms. The number of aromatic nitrogens is 3. The van der Waals surface area contributed by atoms with E-state index in [1.54, 1.807) is 29.8 Å². The van der Waals surface area contributed by atoms with E-state index in [4.69, 9.17) is 9.40 Å². The van der Waals surface area contributed by atoms with Crippen LogP contribution in [0.4, 0.5) is 13.2 Å². The zero-order chi connectivity index (χ0) is 23.1. The number of hydrogen-bond acceptors (Lipinski definition) is 4. The molecule has 3 rings (SSSR count). The van der Waals surface area contributed by atoms with E-state index in [0.29, 0.717) is 22.4 Å². The van der Waals surface area contributed by atoms with E-state index in [0.717, 1.165) is 4.90 Å². The van der Waals surface area contributed by atoms with Crippen molar-refractivity contribution in [1.82, 2.24) is 19.7 Å². The van der Waals surface area contributed by atoms with Gasteiger partial charge < -0.3 is 9.32 Å². The monoisotopic (exact) mass is 436 g/mol. The Kier molecular flexibility index (Phi) is 5.90. The van der Waals surface area contributed by atoms with Crippen LogP contribution in [0.1, 0.15) is 68.0 Å².